The predicted octanol–water partition coefficient (Wildman–Crippen LogP) is 3.10. The molecule has 0 atom stereocenters. The number of rotatable bonds is 8. The van der Waals surface area contributed by atoms with Crippen LogP contribution in [0.2, 0.25) is 0 Å². The van der Waals surface area contributed by atoms with E-state index in [-0.39, 0.29) is 18.3 Å². The number of halogens is 1. The Bertz CT molecular complexity index is 734. The average molecular weight is 348 g/mol. The summed E-state index contributed by atoms with van der Waals surface area (Å²) in [7, 11) is 0. The van der Waals surface area contributed by atoms with Crippen LogP contribution in [0.3, 0.4) is 0 Å². The van der Waals surface area contributed by atoms with E-state index in [2.05, 4.69) is 10.3 Å². The number of amides is 1. The van der Waals surface area contributed by atoms with Crippen molar-refractivity contribution < 1.29 is 14.3 Å². The van der Waals surface area contributed by atoms with E-state index >= 15 is 0 Å². The van der Waals surface area contributed by atoms with E-state index in [1.165, 1.54) is 12.1 Å². The van der Waals surface area contributed by atoms with Gasteiger partial charge in [0, 0.05) is 35.9 Å². The van der Waals surface area contributed by atoms with Gasteiger partial charge in [-0.1, -0.05) is 0 Å². The van der Waals surface area contributed by atoms with Crippen LogP contribution < -0.4 is 5.32 Å². The van der Waals surface area contributed by atoms with Crippen molar-refractivity contribution in [2.24, 2.45) is 0 Å². The topological polar surface area (TPSA) is 62.2 Å². The van der Waals surface area contributed by atoms with Gasteiger partial charge in [-0.25, -0.2) is 4.39 Å². The zero-order chi connectivity index (χ0) is 16.9. The lowest BCUT2D eigenvalue weighted by atomic mass is 10.1. The first-order chi connectivity index (χ1) is 11.7. The summed E-state index contributed by atoms with van der Waals surface area (Å²) >= 11 is 1.69. The van der Waals surface area contributed by atoms with Gasteiger partial charge >= 0.3 is 0 Å². The highest BCUT2D eigenvalue weighted by Crippen LogP contribution is 2.40. The van der Waals surface area contributed by atoms with Crippen LogP contribution in [0.25, 0.3) is 10.9 Å². The molecule has 0 unspecified atom stereocenters. The molecule has 0 bridgehead atoms. The van der Waals surface area contributed by atoms with E-state index in [1.807, 2.05) is 6.07 Å². The fourth-order valence-corrected chi connectivity index (χ4v) is 3.38. The second-order valence-electron chi connectivity index (χ2n) is 5.98. The molecule has 24 heavy (non-hydrogen) atoms. The van der Waals surface area contributed by atoms with E-state index in [0.29, 0.717) is 28.9 Å². The summed E-state index contributed by atoms with van der Waals surface area (Å²) in [6.45, 7) is 0.741. The highest BCUT2D eigenvalue weighted by molar-refractivity contribution is 7.99. The molecule has 0 saturated heterocycles. The molecule has 1 aliphatic carbocycles. The van der Waals surface area contributed by atoms with Gasteiger partial charge < -0.3 is 10.4 Å². The molecular formula is C18H21FN2O2S. The average Bonchev–Trinajstić information content (AvgIpc) is 3.42. The molecule has 0 aliphatic heterocycles. The van der Waals surface area contributed by atoms with Crippen molar-refractivity contribution in [1.82, 2.24) is 10.3 Å². The number of pyridine rings is 1. The SMILES string of the molecule is O=C(NCCSCCCO)c1cc(C2CC2)nc2ccc(F)cc12. The quantitative estimate of drug-likeness (QED) is 0.720. The number of nitrogens with zero attached hydrogens (tertiary/aromatic N) is 1. The number of aliphatic hydroxyl groups is 1. The lowest BCUT2D eigenvalue weighted by Crippen LogP contribution is -2.26. The van der Waals surface area contributed by atoms with Crippen molar-refractivity contribution in [2.75, 3.05) is 24.7 Å². The van der Waals surface area contributed by atoms with Crippen LogP contribution in [0, 0.1) is 5.82 Å². The molecule has 2 aromatic rings. The molecule has 1 saturated carbocycles. The Hall–Kier alpha value is -1.66. The fraction of sp³-hybridized carbons (Fsp3) is 0.444. The number of hydrogen-bond donors (Lipinski definition) is 2. The van der Waals surface area contributed by atoms with Crippen LogP contribution in [0.1, 0.15) is 41.2 Å². The van der Waals surface area contributed by atoms with Crippen molar-refractivity contribution in [2.45, 2.75) is 25.2 Å². The third-order valence-electron chi connectivity index (χ3n) is 4.01. The van der Waals surface area contributed by atoms with E-state index in [1.54, 1.807) is 17.8 Å². The molecule has 3 rings (SSSR count). The summed E-state index contributed by atoms with van der Waals surface area (Å²) in [5.41, 5.74) is 2.10. The Morgan fingerprint density at radius 3 is 2.92 bits per heavy atom. The zero-order valence-corrected chi connectivity index (χ0v) is 14.2. The standard InChI is InChI=1S/C18H21FN2O2S/c19-13-4-5-16-14(10-13)15(11-17(21-16)12-2-3-12)18(23)20-6-9-24-8-1-7-22/h4-5,10-12,22H,1-3,6-9H2,(H,20,23). The maximum absolute atomic E-state index is 13.6. The molecular weight excluding hydrogens is 327 g/mol. The number of carbonyl (C=O) groups excluding carboxylic acids is 1. The van der Waals surface area contributed by atoms with Crippen LogP contribution in [-0.4, -0.2) is 40.7 Å². The first-order valence-electron chi connectivity index (χ1n) is 8.26. The number of hydrogen-bond acceptors (Lipinski definition) is 4. The largest absolute Gasteiger partial charge is 0.396 e. The van der Waals surface area contributed by atoms with Gasteiger partial charge in [0.05, 0.1) is 11.1 Å². The number of nitrogens with one attached hydrogen (secondary N) is 1. The summed E-state index contributed by atoms with van der Waals surface area (Å²) in [4.78, 5) is 17.1. The Morgan fingerprint density at radius 2 is 2.17 bits per heavy atom. The second kappa shape index (κ2) is 7.94. The molecule has 1 amide bonds. The highest BCUT2D eigenvalue weighted by Gasteiger charge is 2.27. The number of carbonyl (C=O) groups is 1. The normalized spacial score (nSPS) is 14.1. The Balaban J connectivity index is 1.74. The lowest BCUT2D eigenvalue weighted by molar-refractivity contribution is 0.0957. The van der Waals surface area contributed by atoms with E-state index in [0.717, 1.165) is 36.5 Å². The van der Waals surface area contributed by atoms with E-state index in [9.17, 15) is 9.18 Å². The number of fused-ring (bicyclic) bond motifs is 1. The van der Waals surface area contributed by atoms with Gasteiger partial charge in [0.2, 0.25) is 0 Å². The maximum atomic E-state index is 13.6. The van der Waals surface area contributed by atoms with Crippen LogP contribution in [0.5, 0.6) is 0 Å². The van der Waals surface area contributed by atoms with E-state index < -0.39 is 0 Å². The van der Waals surface area contributed by atoms with Crippen LogP contribution in [-0.2, 0) is 0 Å². The molecule has 128 valence electrons. The molecule has 0 radical (unpaired) electrons. The van der Waals surface area contributed by atoms with Gasteiger partial charge in [0.25, 0.3) is 5.91 Å². The second-order valence-corrected chi connectivity index (χ2v) is 7.20. The van der Waals surface area contributed by atoms with Crippen molar-refractivity contribution >= 4 is 28.6 Å². The molecule has 0 spiro atoms. The molecule has 1 fully saturated rings. The third-order valence-corrected chi connectivity index (χ3v) is 5.08. The smallest absolute Gasteiger partial charge is 0.252 e. The van der Waals surface area contributed by atoms with E-state index in [4.69, 9.17) is 5.11 Å². The number of thioether (sulfide) groups is 1. The van der Waals surface area contributed by atoms with Gasteiger partial charge in [0.1, 0.15) is 5.82 Å². The zero-order valence-electron chi connectivity index (χ0n) is 13.4. The molecule has 1 aliphatic rings. The van der Waals surface area contributed by atoms with Gasteiger partial charge in [0.15, 0.2) is 0 Å². The summed E-state index contributed by atoms with van der Waals surface area (Å²) in [5, 5.41) is 12.2. The fourth-order valence-electron chi connectivity index (χ4n) is 2.60. The Morgan fingerprint density at radius 1 is 1.33 bits per heavy atom. The minimum Gasteiger partial charge on any atom is -0.396 e. The minimum atomic E-state index is -0.364. The van der Waals surface area contributed by atoms with Gasteiger partial charge in [-0.05, 0) is 49.3 Å². The predicted molar refractivity (Wildman–Crippen MR) is 95.0 cm³/mol. The van der Waals surface area contributed by atoms with Gasteiger partial charge in [-0.2, -0.15) is 11.8 Å². The van der Waals surface area contributed by atoms with Gasteiger partial charge in [-0.15, -0.1) is 0 Å². The summed E-state index contributed by atoms with van der Waals surface area (Å²) in [6, 6.07) is 6.21. The Labute approximate surface area is 144 Å². The third kappa shape index (κ3) is 4.24. The molecule has 1 aromatic heterocycles. The van der Waals surface area contributed by atoms with Crippen molar-refractivity contribution in [3.8, 4) is 0 Å². The maximum Gasteiger partial charge on any atom is 0.252 e. The van der Waals surface area contributed by atoms with Crippen LogP contribution >= 0.6 is 11.8 Å². The summed E-state index contributed by atoms with van der Waals surface area (Å²) in [5.74, 6) is 1.55. The number of aromatic nitrogens is 1. The molecule has 2 N–H and O–H groups in total. The van der Waals surface area contributed by atoms with Crippen molar-refractivity contribution in [3.63, 3.8) is 0 Å². The van der Waals surface area contributed by atoms with Crippen LogP contribution in [0.4, 0.5) is 4.39 Å². The molecule has 4 nitrogen and oxygen atoms in total. The summed E-state index contributed by atoms with van der Waals surface area (Å²) < 4.78 is 13.6. The van der Waals surface area contributed by atoms with Crippen molar-refractivity contribution in [1.29, 1.82) is 0 Å². The van der Waals surface area contributed by atoms with Crippen LogP contribution in [0.15, 0.2) is 24.3 Å². The first-order valence-corrected chi connectivity index (χ1v) is 9.41. The molecule has 6 heteroatoms. The highest BCUT2D eigenvalue weighted by atomic mass is 32.2. The lowest BCUT2D eigenvalue weighted by Gasteiger charge is -2.10. The number of aliphatic hydroxyl groups excluding tert-OH is 1. The number of benzene rings is 1. The Kier molecular flexibility index (Phi) is 5.68. The monoisotopic (exact) mass is 348 g/mol. The summed E-state index contributed by atoms with van der Waals surface area (Å²) in [6.07, 6.45) is 2.96. The minimum absolute atomic E-state index is 0.183. The molecule has 1 aromatic carbocycles. The van der Waals surface area contributed by atoms with Crippen molar-refractivity contribution in [3.05, 3.63) is 41.3 Å². The first kappa shape index (κ1) is 17.2. The van der Waals surface area contributed by atoms with Gasteiger partial charge in [-0.3, -0.25) is 9.78 Å². The molecule has 1 heterocycles.